The minimum atomic E-state index is -0.405. The zero-order chi connectivity index (χ0) is 25.5. The van der Waals surface area contributed by atoms with Crippen LogP contribution in [0.1, 0.15) is 23.7 Å². The summed E-state index contributed by atoms with van der Waals surface area (Å²) in [7, 11) is 0. The van der Waals surface area contributed by atoms with Gasteiger partial charge in [-0.15, -0.1) is 0 Å². The fourth-order valence-corrected chi connectivity index (χ4v) is 3.55. The number of rotatable bonds is 8. The molecule has 0 aliphatic carbocycles. The summed E-state index contributed by atoms with van der Waals surface area (Å²) in [4.78, 5) is 40.7. The van der Waals surface area contributed by atoms with E-state index in [0.29, 0.717) is 35.1 Å². The molecule has 0 bridgehead atoms. The first-order valence-corrected chi connectivity index (χ1v) is 11.4. The Morgan fingerprint density at radius 3 is 2.31 bits per heavy atom. The molecule has 0 aliphatic rings. The van der Waals surface area contributed by atoms with E-state index in [4.69, 9.17) is 9.47 Å². The number of fused-ring (bicyclic) bond motifs is 1. The summed E-state index contributed by atoms with van der Waals surface area (Å²) in [6, 6.07) is 18.6. The van der Waals surface area contributed by atoms with E-state index in [0.717, 1.165) is 11.1 Å². The van der Waals surface area contributed by atoms with Crippen LogP contribution in [0.25, 0.3) is 5.65 Å². The maximum Gasteiger partial charge on any atom is 0.323 e. The average Bonchev–Trinajstić information content (AvgIpc) is 2.86. The molecule has 184 valence electrons. The second-order valence-corrected chi connectivity index (χ2v) is 8.04. The molecular formula is C27H26N4O5. The van der Waals surface area contributed by atoms with Gasteiger partial charge in [0.1, 0.15) is 18.0 Å². The summed E-state index contributed by atoms with van der Waals surface area (Å²) >= 11 is 0. The number of hydrogen-bond donors (Lipinski definition) is 2. The van der Waals surface area contributed by atoms with Gasteiger partial charge >= 0.3 is 12.0 Å². The number of amides is 2. The molecule has 0 aliphatic heterocycles. The van der Waals surface area contributed by atoms with Gasteiger partial charge in [-0.3, -0.25) is 14.0 Å². The third-order valence-corrected chi connectivity index (χ3v) is 5.30. The van der Waals surface area contributed by atoms with Crippen molar-refractivity contribution in [1.29, 1.82) is 0 Å². The lowest BCUT2D eigenvalue weighted by molar-refractivity contribution is -0.142. The van der Waals surface area contributed by atoms with E-state index in [2.05, 4.69) is 15.6 Å². The third-order valence-electron chi connectivity index (χ3n) is 5.30. The molecule has 0 saturated carbocycles. The number of carbonyl (C=O) groups is 2. The van der Waals surface area contributed by atoms with Crippen LogP contribution in [0.15, 0.2) is 77.7 Å². The largest absolute Gasteiger partial charge is 0.487 e. The predicted molar refractivity (Wildman–Crippen MR) is 136 cm³/mol. The molecule has 4 aromatic rings. The first-order chi connectivity index (χ1) is 17.4. The topological polar surface area (TPSA) is 111 Å². The van der Waals surface area contributed by atoms with E-state index in [9.17, 15) is 14.4 Å². The van der Waals surface area contributed by atoms with Gasteiger partial charge in [-0.05, 0) is 67.4 Å². The lowest BCUT2D eigenvalue weighted by Gasteiger charge is -2.10. The highest BCUT2D eigenvalue weighted by Gasteiger charge is 2.08. The van der Waals surface area contributed by atoms with Crippen molar-refractivity contribution >= 4 is 29.0 Å². The summed E-state index contributed by atoms with van der Waals surface area (Å²) in [6.45, 7) is 4.14. The zero-order valence-electron chi connectivity index (χ0n) is 20.0. The highest BCUT2D eigenvalue weighted by molar-refractivity contribution is 5.99. The summed E-state index contributed by atoms with van der Waals surface area (Å²) < 4.78 is 12.2. The smallest absolute Gasteiger partial charge is 0.323 e. The number of benzene rings is 2. The van der Waals surface area contributed by atoms with E-state index in [1.807, 2.05) is 19.1 Å². The first-order valence-electron chi connectivity index (χ1n) is 11.4. The van der Waals surface area contributed by atoms with Crippen molar-refractivity contribution in [1.82, 2.24) is 9.38 Å². The average molecular weight is 487 g/mol. The molecule has 4 rings (SSSR count). The minimum absolute atomic E-state index is 0.138. The van der Waals surface area contributed by atoms with Crippen LogP contribution in [0.5, 0.6) is 5.75 Å². The molecule has 2 aromatic carbocycles. The summed E-state index contributed by atoms with van der Waals surface area (Å²) in [5, 5.41) is 5.50. The number of nitrogens with one attached hydrogen (secondary N) is 2. The van der Waals surface area contributed by atoms with Crippen LogP contribution < -0.4 is 20.9 Å². The number of hydrogen-bond acceptors (Lipinski definition) is 6. The van der Waals surface area contributed by atoms with Gasteiger partial charge in [-0.2, -0.15) is 0 Å². The highest BCUT2D eigenvalue weighted by atomic mass is 16.5. The molecule has 2 N–H and O–H groups in total. The zero-order valence-corrected chi connectivity index (χ0v) is 20.0. The molecule has 0 radical (unpaired) electrons. The van der Waals surface area contributed by atoms with Gasteiger partial charge in [-0.25, -0.2) is 9.78 Å². The number of aromatic nitrogens is 2. The molecular weight excluding hydrogens is 460 g/mol. The number of nitrogens with zero attached hydrogens (tertiary/aromatic N) is 2. The van der Waals surface area contributed by atoms with Crippen molar-refractivity contribution in [2.75, 3.05) is 17.2 Å². The Balaban J connectivity index is 1.30. The maximum atomic E-state index is 12.3. The number of pyridine rings is 1. The van der Waals surface area contributed by atoms with E-state index in [1.165, 1.54) is 10.5 Å². The lowest BCUT2D eigenvalue weighted by Crippen LogP contribution is -2.19. The van der Waals surface area contributed by atoms with E-state index < -0.39 is 6.03 Å². The quantitative estimate of drug-likeness (QED) is 0.359. The third kappa shape index (κ3) is 6.26. The summed E-state index contributed by atoms with van der Waals surface area (Å²) in [5.41, 5.74) is 3.84. The van der Waals surface area contributed by atoms with Crippen molar-refractivity contribution in [3.05, 3.63) is 100 Å². The molecule has 0 atom stereocenters. The first kappa shape index (κ1) is 24.5. The van der Waals surface area contributed by atoms with Gasteiger partial charge in [0.05, 0.1) is 18.7 Å². The molecule has 9 heteroatoms. The highest BCUT2D eigenvalue weighted by Crippen LogP contribution is 2.18. The lowest BCUT2D eigenvalue weighted by atomic mass is 10.1. The van der Waals surface area contributed by atoms with Crippen LogP contribution in [-0.4, -0.2) is 28.0 Å². The molecule has 9 nitrogen and oxygen atoms in total. The number of ether oxygens (including phenoxy) is 2. The van der Waals surface area contributed by atoms with Gasteiger partial charge in [-0.1, -0.05) is 18.2 Å². The van der Waals surface area contributed by atoms with Gasteiger partial charge in [0.15, 0.2) is 0 Å². The Labute approximate surface area is 207 Å². The molecule has 2 aromatic heterocycles. The number of aryl methyl sites for hydroxylation is 1. The Hall–Kier alpha value is -4.66. The second-order valence-electron chi connectivity index (χ2n) is 8.04. The Morgan fingerprint density at radius 2 is 1.64 bits per heavy atom. The second kappa shape index (κ2) is 11.2. The van der Waals surface area contributed by atoms with Crippen LogP contribution in [-0.2, 0) is 22.6 Å². The van der Waals surface area contributed by atoms with E-state index >= 15 is 0 Å². The molecule has 2 heterocycles. The molecule has 0 saturated heterocycles. The number of carbonyl (C=O) groups excluding carboxylic acids is 2. The minimum Gasteiger partial charge on any atom is -0.487 e. The monoisotopic (exact) mass is 486 g/mol. The van der Waals surface area contributed by atoms with Crippen LogP contribution in [0, 0.1) is 6.92 Å². The van der Waals surface area contributed by atoms with Crippen LogP contribution in [0.2, 0.25) is 0 Å². The fraction of sp³-hybridized carbons (Fsp3) is 0.185. The van der Waals surface area contributed by atoms with E-state index in [-0.39, 0.29) is 24.6 Å². The molecule has 2 amide bonds. The SMILES string of the molecule is CCOC(=O)Cc1ccc(NC(=O)Nc2ccc(OCc3cc(=O)n4cccc(C)c4n3)cc2)cc1. The number of urea groups is 1. The van der Waals surface area contributed by atoms with Gasteiger partial charge in [0.2, 0.25) is 0 Å². The van der Waals surface area contributed by atoms with Crippen molar-refractivity contribution in [3.63, 3.8) is 0 Å². The van der Waals surface area contributed by atoms with Crippen LogP contribution in [0.3, 0.4) is 0 Å². The van der Waals surface area contributed by atoms with Gasteiger partial charge < -0.3 is 20.1 Å². The van der Waals surface area contributed by atoms with E-state index in [1.54, 1.807) is 61.7 Å². The Morgan fingerprint density at radius 1 is 0.972 bits per heavy atom. The van der Waals surface area contributed by atoms with Gasteiger partial charge in [0.25, 0.3) is 5.56 Å². The number of esters is 1. The van der Waals surface area contributed by atoms with Crippen LogP contribution >= 0.6 is 0 Å². The summed E-state index contributed by atoms with van der Waals surface area (Å²) in [5.74, 6) is 0.283. The Bertz CT molecular complexity index is 1430. The molecule has 36 heavy (non-hydrogen) atoms. The molecule has 0 unspecified atom stereocenters. The van der Waals surface area contributed by atoms with Crippen molar-refractivity contribution < 1.29 is 19.1 Å². The van der Waals surface area contributed by atoms with Gasteiger partial charge in [0, 0.05) is 23.6 Å². The molecule has 0 spiro atoms. The normalized spacial score (nSPS) is 10.6. The Kier molecular flexibility index (Phi) is 7.60. The summed E-state index contributed by atoms with van der Waals surface area (Å²) in [6.07, 6.45) is 1.87. The maximum absolute atomic E-state index is 12.3. The number of anilines is 2. The van der Waals surface area contributed by atoms with Crippen molar-refractivity contribution in [2.45, 2.75) is 26.9 Å². The van der Waals surface area contributed by atoms with Crippen molar-refractivity contribution in [3.8, 4) is 5.75 Å². The van der Waals surface area contributed by atoms with Crippen LogP contribution in [0.4, 0.5) is 16.2 Å². The predicted octanol–water partition coefficient (Wildman–Crippen LogP) is 4.33. The van der Waals surface area contributed by atoms with Crippen molar-refractivity contribution in [2.24, 2.45) is 0 Å². The fourth-order valence-electron chi connectivity index (χ4n) is 3.55. The standard InChI is InChI=1S/C27H26N4O5/c1-3-35-25(33)15-19-6-8-20(9-7-19)29-27(34)30-21-10-12-23(13-11-21)36-17-22-16-24(32)31-14-4-5-18(2)26(31)28-22/h4-14,16H,3,15,17H2,1-2H3,(H2,29,30,34). The molecule has 0 fully saturated rings.